The molecule has 0 aromatic carbocycles. The molecule has 0 fully saturated rings. The maximum absolute atomic E-state index is 12.1. The van der Waals surface area contributed by atoms with Crippen molar-refractivity contribution >= 4 is 28.9 Å². The van der Waals surface area contributed by atoms with E-state index in [-0.39, 0.29) is 5.91 Å². The summed E-state index contributed by atoms with van der Waals surface area (Å²) in [4.78, 5) is 17.4. The molecule has 1 heterocycles. The third-order valence-corrected chi connectivity index (χ3v) is 3.24. The van der Waals surface area contributed by atoms with Crippen LogP contribution in [0.25, 0.3) is 0 Å². The average molecular weight is 285 g/mol. The number of aromatic nitrogens is 1. The molecule has 0 bridgehead atoms. The Morgan fingerprint density at radius 1 is 1.62 bits per heavy atom. The number of nitrogens with zero attached hydrogens (tertiary/aromatic N) is 2. The van der Waals surface area contributed by atoms with Crippen LogP contribution in [0.2, 0.25) is 6.82 Å². The van der Waals surface area contributed by atoms with Gasteiger partial charge in [-0.15, -0.1) is 0 Å². The molecule has 86 valence electrons. The summed E-state index contributed by atoms with van der Waals surface area (Å²) >= 11 is 3.33. The normalized spacial score (nSPS) is 10.1. The van der Waals surface area contributed by atoms with Crippen molar-refractivity contribution < 1.29 is 9.82 Å². The lowest BCUT2D eigenvalue weighted by atomic mass is 9.84. The zero-order chi connectivity index (χ0) is 12.3. The van der Waals surface area contributed by atoms with Crippen LogP contribution in [-0.2, 0) is 0 Å². The first-order chi connectivity index (χ1) is 7.49. The van der Waals surface area contributed by atoms with E-state index in [2.05, 4.69) is 20.9 Å². The van der Waals surface area contributed by atoms with E-state index >= 15 is 0 Å². The van der Waals surface area contributed by atoms with Gasteiger partial charge in [-0.05, 0) is 42.2 Å². The molecular weight excluding hydrogens is 271 g/mol. The minimum atomic E-state index is -0.795. The van der Waals surface area contributed by atoms with Gasteiger partial charge in [0.2, 0.25) is 5.91 Å². The summed E-state index contributed by atoms with van der Waals surface area (Å²) < 4.78 is 0.792. The van der Waals surface area contributed by atoms with E-state index in [9.17, 15) is 9.82 Å². The maximum Gasteiger partial charge on any atom is 0.412 e. The highest BCUT2D eigenvalue weighted by molar-refractivity contribution is 9.10. The first-order valence-corrected chi connectivity index (χ1v) is 5.87. The van der Waals surface area contributed by atoms with Gasteiger partial charge in [-0.3, -0.25) is 9.78 Å². The van der Waals surface area contributed by atoms with Crippen LogP contribution in [-0.4, -0.2) is 34.3 Å². The van der Waals surface area contributed by atoms with Crippen molar-refractivity contribution in [3.63, 3.8) is 0 Å². The largest absolute Gasteiger partial charge is 0.432 e. The summed E-state index contributed by atoms with van der Waals surface area (Å²) in [6.07, 6.45) is 3.16. The Morgan fingerprint density at radius 3 is 2.75 bits per heavy atom. The molecule has 16 heavy (non-hydrogen) atoms. The molecule has 1 aromatic rings. The molecule has 0 unspecified atom stereocenters. The molecule has 1 amide bonds. The second kappa shape index (κ2) is 5.45. The highest BCUT2D eigenvalue weighted by Gasteiger charge is 2.23. The minimum absolute atomic E-state index is 0.205. The first-order valence-electron chi connectivity index (χ1n) is 5.08. The number of halogens is 1. The molecule has 4 nitrogen and oxygen atoms in total. The van der Waals surface area contributed by atoms with E-state index < -0.39 is 7.05 Å². The standard InChI is InChI=1S/C10H14BBrN2O2/c1-4-14(11(3)16)10(15)8-5-13-6-9(12)7(8)2/h5-6,16H,4H2,1-3H3. The molecule has 0 aliphatic carbocycles. The molecule has 0 saturated heterocycles. The number of carbonyl (C=O) groups is 1. The highest BCUT2D eigenvalue weighted by atomic mass is 79.9. The van der Waals surface area contributed by atoms with Crippen LogP contribution < -0.4 is 0 Å². The van der Waals surface area contributed by atoms with Crippen molar-refractivity contribution in [2.24, 2.45) is 0 Å². The van der Waals surface area contributed by atoms with Crippen molar-refractivity contribution in [3.05, 3.63) is 28.0 Å². The Morgan fingerprint density at radius 2 is 2.25 bits per heavy atom. The van der Waals surface area contributed by atoms with Crippen molar-refractivity contribution in [2.75, 3.05) is 6.54 Å². The van der Waals surface area contributed by atoms with E-state index in [1.165, 1.54) is 11.0 Å². The lowest BCUT2D eigenvalue weighted by Crippen LogP contribution is -2.42. The lowest BCUT2D eigenvalue weighted by molar-refractivity contribution is 0.0845. The second-order valence-electron chi connectivity index (χ2n) is 3.52. The van der Waals surface area contributed by atoms with Crippen LogP contribution in [0.15, 0.2) is 16.9 Å². The number of carbonyl (C=O) groups excluding carboxylic acids is 1. The van der Waals surface area contributed by atoms with E-state index in [0.717, 1.165) is 10.0 Å². The summed E-state index contributed by atoms with van der Waals surface area (Å²) in [5.74, 6) is -0.205. The summed E-state index contributed by atoms with van der Waals surface area (Å²) in [5.41, 5.74) is 1.34. The first kappa shape index (κ1) is 13.2. The zero-order valence-electron chi connectivity index (χ0n) is 9.57. The average Bonchev–Trinajstić information content (AvgIpc) is 2.22. The molecule has 0 aliphatic heterocycles. The van der Waals surface area contributed by atoms with Crippen LogP contribution in [0.4, 0.5) is 0 Å². The quantitative estimate of drug-likeness (QED) is 0.860. The number of hydrogen-bond donors (Lipinski definition) is 1. The summed E-state index contributed by atoms with van der Waals surface area (Å²) in [5, 5.41) is 9.48. The van der Waals surface area contributed by atoms with Gasteiger partial charge in [0.25, 0.3) is 0 Å². The van der Waals surface area contributed by atoms with Gasteiger partial charge in [0.05, 0.1) is 5.56 Å². The van der Waals surface area contributed by atoms with Crippen LogP contribution in [0, 0.1) is 6.92 Å². The van der Waals surface area contributed by atoms with E-state index in [1.54, 1.807) is 13.0 Å². The van der Waals surface area contributed by atoms with Gasteiger partial charge in [0.1, 0.15) is 0 Å². The highest BCUT2D eigenvalue weighted by Crippen LogP contribution is 2.19. The Kier molecular flexibility index (Phi) is 4.50. The second-order valence-corrected chi connectivity index (χ2v) is 4.37. The Hall–Kier alpha value is -0.875. The third kappa shape index (κ3) is 2.62. The summed E-state index contributed by atoms with van der Waals surface area (Å²) in [6.45, 7) is 5.70. The predicted molar refractivity (Wildman–Crippen MR) is 67.2 cm³/mol. The van der Waals surface area contributed by atoms with Gasteiger partial charge >= 0.3 is 7.05 Å². The van der Waals surface area contributed by atoms with Crippen LogP contribution in [0.1, 0.15) is 22.8 Å². The smallest absolute Gasteiger partial charge is 0.412 e. The third-order valence-electron chi connectivity index (χ3n) is 2.44. The summed E-state index contributed by atoms with van der Waals surface area (Å²) in [7, 11) is -0.795. The molecule has 1 rings (SSSR count). The van der Waals surface area contributed by atoms with E-state index in [1.807, 2.05) is 13.8 Å². The summed E-state index contributed by atoms with van der Waals surface area (Å²) in [6, 6.07) is 0. The number of rotatable bonds is 3. The van der Waals surface area contributed by atoms with E-state index in [4.69, 9.17) is 0 Å². The fraction of sp³-hybridized carbons (Fsp3) is 0.400. The van der Waals surface area contributed by atoms with Gasteiger partial charge in [0.15, 0.2) is 0 Å². The SMILES string of the molecule is CCN(B(C)O)C(=O)c1cncc(Br)c1C. The molecule has 0 saturated carbocycles. The molecule has 6 heteroatoms. The van der Waals surface area contributed by atoms with Gasteiger partial charge in [-0.25, -0.2) is 0 Å². The van der Waals surface area contributed by atoms with Gasteiger partial charge in [-0.1, -0.05) is 0 Å². The molecule has 1 N–H and O–H groups in total. The number of hydrogen-bond acceptors (Lipinski definition) is 3. The molecule has 0 radical (unpaired) electrons. The molecule has 0 atom stereocenters. The van der Waals surface area contributed by atoms with Gasteiger partial charge in [-0.2, -0.15) is 0 Å². The van der Waals surface area contributed by atoms with Crippen LogP contribution in [0.3, 0.4) is 0 Å². The van der Waals surface area contributed by atoms with Crippen LogP contribution in [0.5, 0.6) is 0 Å². The topological polar surface area (TPSA) is 53.4 Å². The molecule has 1 aromatic heterocycles. The molecule has 0 spiro atoms. The number of amides is 1. The molecular formula is C10H14BBrN2O2. The molecule has 0 aliphatic rings. The minimum Gasteiger partial charge on any atom is -0.432 e. The predicted octanol–water partition coefficient (Wildman–Crippen LogP) is 1.72. The van der Waals surface area contributed by atoms with Crippen molar-refractivity contribution in [1.82, 2.24) is 9.79 Å². The monoisotopic (exact) mass is 284 g/mol. The van der Waals surface area contributed by atoms with Gasteiger partial charge < -0.3 is 9.83 Å². The Bertz CT molecular complexity index is 398. The van der Waals surface area contributed by atoms with Crippen molar-refractivity contribution in [3.8, 4) is 0 Å². The lowest BCUT2D eigenvalue weighted by Gasteiger charge is -2.22. The fourth-order valence-corrected chi connectivity index (χ4v) is 1.78. The van der Waals surface area contributed by atoms with Crippen molar-refractivity contribution in [1.29, 1.82) is 0 Å². The van der Waals surface area contributed by atoms with E-state index in [0.29, 0.717) is 12.1 Å². The maximum atomic E-state index is 12.1. The Labute approximate surface area is 104 Å². The zero-order valence-corrected chi connectivity index (χ0v) is 11.2. The Balaban J connectivity index is 3.09. The van der Waals surface area contributed by atoms with Gasteiger partial charge in [0, 0.05) is 23.4 Å². The fourth-order valence-electron chi connectivity index (χ4n) is 1.45. The number of pyridine rings is 1. The van der Waals surface area contributed by atoms with Crippen molar-refractivity contribution in [2.45, 2.75) is 20.7 Å². The van der Waals surface area contributed by atoms with Crippen LogP contribution >= 0.6 is 15.9 Å².